The van der Waals surface area contributed by atoms with E-state index >= 15 is 0 Å². The van der Waals surface area contributed by atoms with Crippen LogP contribution in [0.2, 0.25) is 0 Å². The number of nitrogens with one attached hydrogen (secondary N) is 1. The van der Waals surface area contributed by atoms with Crippen molar-refractivity contribution in [2.24, 2.45) is 5.73 Å². The van der Waals surface area contributed by atoms with E-state index in [-0.39, 0.29) is 12.5 Å². The molecule has 0 fully saturated rings. The Hall–Kier alpha value is -2.89. The van der Waals surface area contributed by atoms with E-state index in [0.29, 0.717) is 12.1 Å². The van der Waals surface area contributed by atoms with Gasteiger partial charge in [0.2, 0.25) is 11.8 Å². The van der Waals surface area contributed by atoms with E-state index in [0.717, 1.165) is 17.7 Å². The normalized spacial score (nSPS) is 16.4. The largest absolute Gasteiger partial charge is 0.368 e. The van der Waals surface area contributed by atoms with E-state index in [1.54, 1.807) is 11.0 Å². The summed E-state index contributed by atoms with van der Waals surface area (Å²) in [5, 5.41) is 2.65. The highest BCUT2D eigenvalue weighted by molar-refractivity contribution is 5.96. The van der Waals surface area contributed by atoms with Gasteiger partial charge in [-0.15, -0.1) is 0 Å². The van der Waals surface area contributed by atoms with Crippen molar-refractivity contribution < 1.29 is 14.0 Å². The van der Waals surface area contributed by atoms with E-state index in [1.165, 1.54) is 18.2 Å². The highest BCUT2D eigenvalue weighted by Gasteiger charge is 2.31. The lowest BCUT2D eigenvalue weighted by atomic mass is 9.95. The first-order valence-corrected chi connectivity index (χ1v) is 7.74. The Labute approximate surface area is 139 Å². The van der Waals surface area contributed by atoms with Crippen molar-refractivity contribution in [2.75, 3.05) is 16.8 Å². The van der Waals surface area contributed by atoms with E-state index < -0.39 is 17.8 Å². The zero-order valence-corrected chi connectivity index (χ0v) is 13.0. The number of halogens is 1. The second-order valence-corrected chi connectivity index (χ2v) is 5.77. The molecule has 2 aromatic carbocycles. The fourth-order valence-electron chi connectivity index (χ4n) is 3.03. The number of rotatable bonds is 4. The minimum Gasteiger partial charge on any atom is -0.368 e. The summed E-state index contributed by atoms with van der Waals surface area (Å²) in [6.45, 7) is -0.0267. The molecule has 3 rings (SSSR count). The molecule has 5 nitrogen and oxygen atoms in total. The topological polar surface area (TPSA) is 75.4 Å². The minimum atomic E-state index is -0.529. The van der Waals surface area contributed by atoms with Crippen molar-refractivity contribution in [3.05, 3.63) is 59.9 Å². The number of fused-ring (bicyclic) bond motifs is 1. The molecule has 0 radical (unpaired) electrons. The van der Waals surface area contributed by atoms with Gasteiger partial charge in [0, 0.05) is 11.4 Å². The number of nitrogens with zero attached hydrogens (tertiary/aromatic N) is 1. The Balaban J connectivity index is 1.80. The molecule has 1 aliphatic rings. The highest BCUT2D eigenvalue weighted by atomic mass is 19.1. The number of hydrogen-bond donors (Lipinski definition) is 2. The zero-order chi connectivity index (χ0) is 17.1. The molecule has 2 amide bonds. The van der Waals surface area contributed by atoms with Crippen LogP contribution in [-0.2, 0) is 16.0 Å². The first-order valence-electron chi connectivity index (χ1n) is 7.74. The third kappa shape index (κ3) is 3.37. The average molecular weight is 327 g/mol. The van der Waals surface area contributed by atoms with Crippen LogP contribution >= 0.6 is 0 Å². The number of para-hydroxylation sites is 1. The van der Waals surface area contributed by atoms with Crippen LogP contribution in [-0.4, -0.2) is 24.4 Å². The number of benzene rings is 2. The van der Waals surface area contributed by atoms with Crippen LogP contribution in [0.25, 0.3) is 0 Å². The molecule has 0 aromatic heterocycles. The minimum absolute atomic E-state index is 0.0267. The summed E-state index contributed by atoms with van der Waals surface area (Å²) in [6, 6.07) is 12.8. The number of carbonyl (C=O) groups excluding carboxylic acids is 2. The molecule has 0 bridgehead atoms. The van der Waals surface area contributed by atoms with Gasteiger partial charge in [-0.25, -0.2) is 4.39 Å². The van der Waals surface area contributed by atoms with E-state index in [4.69, 9.17) is 5.73 Å². The quantitative estimate of drug-likeness (QED) is 0.903. The maximum Gasteiger partial charge on any atom is 0.243 e. The number of carbonyl (C=O) groups is 2. The van der Waals surface area contributed by atoms with Crippen LogP contribution < -0.4 is 16.0 Å². The smallest absolute Gasteiger partial charge is 0.243 e. The number of primary amides is 1. The number of nitrogens with two attached hydrogens (primary N) is 1. The van der Waals surface area contributed by atoms with Crippen LogP contribution in [0.5, 0.6) is 0 Å². The highest BCUT2D eigenvalue weighted by Crippen LogP contribution is 2.30. The summed E-state index contributed by atoms with van der Waals surface area (Å²) in [7, 11) is 0. The van der Waals surface area contributed by atoms with Crippen molar-refractivity contribution in [3.8, 4) is 0 Å². The fraction of sp³-hybridized carbons (Fsp3) is 0.222. The van der Waals surface area contributed by atoms with Gasteiger partial charge in [-0.05, 0) is 42.7 Å². The molecular weight excluding hydrogens is 309 g/mol. The van der Waals surface area contributed by atoms with Crippen molar-refractivity contribution in [2.45, 2.75) is 18.9 Å². The van der Waals surface area contributed by atoms with Gasteiger partial charge in [0.05, 0.1) is 6.54 Å². The monoisotopic (exact) mass is 327 g/mol. The zero-order valence-electron chi connectivity index (χ0n) is 13.0. The summed E-state index contributed by atoms with van der Waals surface area (Å²) in [4.78, 5) is 25.8. The lowest BCUT2D eigenvalue weighted by molar-refractivity contribution is -0.119. The maximum absolute atomic E-state index is 13.2. The molecule has 0 aliphatic carbocycles. The molecule has 1 aliphatic heterocycles. The summed E-state index contributed by atoms with van der Waals surface area (Å²) in [6.07, 6.45) is 1.31. The number of aryl methyl sites for hydroxylation is 1. The van der Waals surface area contributed by atoms with Gasteiger partial charge in [0.25, 0.3) is 0 Å². The lowest BCUT2D eigenvalue weighted by Gasteiger charge is -2.36. The van der Waals surface area contributed by atoms with Gasteiger partial charge in [0.15, 0.2) is 0 Å². The van der Waals surface area contributed by atoms with Crippen molar-refractivity contribution in [1.29, 1.82) is 0 Å². The number of anilines is 2. The summed E-state index contributed by atoms with van der Waals surface area (Å²) >= 11 is 0. The molecule has 2 aromatic rings. The van der Waals surface area contributed by atoms with E-state index in [1.807, 2.05) is 24.3 Å². The van der Waals surface area contributed by atoms with Crippen molar-refractivity contribution >= 4 is 23.2 Å². The van der Waals surface area contributed by atoms with Gasteiger partial charge >= 0.3 is 0 Å². The second-order valence-electron chi connectivity index (χ2n) is 5.77. The fourth-order valence-corrected chi connectivity index (χ4v) is 3.03. The van der Waals surface area contributed by atoms with Crippen LogP contribution in [0.1, 0.15) is 12.0 Å². The Bertz CT molecular complexity index is 778. The van der Waals surface area contributed by atoms with Crippen LogP contribution in [0.4, 0.5) is 15.8 Å². The Kier molecular flexibility index (Phi) is 4.46. The first kappa shape index (κ1) is 16.0. The standard InChI is InChI=1S/C18H18FN3O2/c19-13-5-3-6-14(10-13)21-17(23)11-22-15-7-2-1-4-12(15)8-9-16(22)18(20)24/h1-7,10,16H,8-9,11H2,(H2,20,24)(H,21,23)/t16-/m0/s1. The van der Waals surface area contributed by atoms with Gasteiger partial charge in [-0.3, -0.25) is 9.59 Å². The van der Waals surface area contributed by atoms with Crippen LogP contribution in [0.3, 0.4) is 0 Å². The first-order chi connectivity index (χ1) is 11.5. The SMILES string of the molecule is NC(=O)[C@@H]1CCc2ccccc2N1CC(=O)Nc1cccc(F)c1. The molecule has 0 saturated heterocycles. The number of amides is 2. The Morgan fingerprint density at radius 1 is 1.21 bits per heavy atom. The molecule has 24 heavy (non-hydrogen) atoms. The number of hydrogen-bond acceptors (Lipinski definition) is 3. The summed E-state index contributed by atoms with van der Waals surface area (Å²) in [5.41, 5.74) is 7.79. The maximum atomic E-state index is 13.2. The van der Waals surface area contributed by atoms with Crippen LogP contribution in [0, 0.1) is 5.82 Å². The van der Waals surface area contributed by atoms with Crippen molar-refractivity contribution in [3.63, 3.8) is 0 Å². The van der Waals surface area contributed by atoms with Gasteiger partial charge in [-0.2, -0.15) is 0 Å². The van der Waals surface area contributed by atoms with Crippen molar-refractivity contribution in [1.82, 2.24) is 0 Å². The predicted octanol–water partition coefficient (Wildman–Crippen LogP) is 2.07. The molecular formula is C18H18FN3O2. The second kappa shape index (κ2) is 6.70. The van der Waals surface area contributed by atoms with Gasteiger partial charge in [-0.1, -0.05) is 24.3 Å². The molecule has 0 unspecified atom stereocenters. The third-order valence-corrected chi connectivity index (χ3v) is 4.12. The third-order valence-electron chi connectivity index (χ3n) is 4.12. The predicted molar refractivity (Wildman–Crippen MR) is 90.1 cm³/mol. The molecule has 1 atom stereocenters. The molecule has 1 heterocycles. The molecule has 124 valence electrons. The lowest BCUT2D eigenvalue weighted by Crippen LogP contribution is -2.50. The summed E-state index contributed by atoms with van der Waals surface area (Å²) in [5.74, 6) is -1.21. The molecule has 0 saturated carbocycles. The average Bonchev–Trinajstić information content (AvgIpc) is 2.54. The molecule has 3 N–H and O–H groups in total. The van der Waals surface area contributed by atoms with Gasteiger partial charge in [0.1, 0.15) is 11.9 Å². The molecule has 6 heteroatoms. The molecule has 0 spiro atoms. The summed E-state index contributed by atoms with van der Waals surface area (Å²) < 4.78 is 13.2. The van der Waals surface area contributed by atoms with Crippen LogP contribution in [0.15, 0.2) is 48.5 Å². The Morgan fingerprint density at radius 2 is 2.00 bits per heavy atom. The Morgan fingerprint density at radius 3 is 2.75 bits per heavy atom. The van der Waals surface area contributed by atoms with E-state index in [9.17, 15) is 14.0 Å². The van der Waals surface area contributed by atoms with Gasteiger partial charge < -0.3 is 16.0 Å². The van der Waals surface area contributed by atoms with E-state index in [2.05, 4.69) is 5.32 Å².